The molecule has 190 valence electrons. The van der Waals surface area contributed by atoms with E-state index in [1.54, 1.807) is 0 Å². The zero-order valence-corrected chi connectivity index (χ0v) is 22.0. The largest absolute Gasteiger partial charge is 0.456 e. The van der Waals surface area contributed by atoms with Gasteiger partial charge >= 0.3 is 0 Å². The maximum absolute atomic E-state index is 9.17. The summed E-state index contributed by atoms with van der Waals surface area (Å²) in [6.07, 6.45) is 0. The lowest BCUT2D eigenvalue weighted by molar-refractivity contribution is 0.669. The van der Waals surface area contributed by atoms with E-state index in [0.717, 1.165) is 48.7 Å². The monoisotopic (exact) mass is 524 g/mol. The molecule has 8 aromatic carbocycles. The predicted octanol–water partition coefficient (Wildman–Crippen LogP) is 11.5. The summed E-state index contributed by atoms with van der Waals surface area (Å²) in [4.78, 5) is 0. The van der Waals surface area contributed by atoms with E-state index in [1.165, 1.54) is 10.8 Å². The van der Waals surface area contributed by atoms with Crippen molar-refractivity contribution in [3.8, 4) is 22.3 Å². The third-order valence-corrected chi connectivity index (χ3v) is 8.25. The molecule has 9 rings (SSSR count). The van der Waals surface area contributed by atoms with Crippen LogP contribution in [0.15, 0.2) is 150 Å². The molecule has 0 aliphatic heterocycles. The van der Waals surface area contributed by atoms with Crippen LogP contribution in [0.25, 0.3) is 87.3 Å². The summed E-state index contributed by atoms with van der Waals surface area (Å²) in [5, 5.41) is 10.5. The van der Waals surface area contributed by atoms with Crippen molar-refractivity contribution in [1.29, 1.82) is 0 Å². The second-order valence-electron chi connectivity index (χ2n) is 10.6. The molecule has 0 fully saturated rings. The maximum atomic E-state index is 9.17. The van der Waals surface area contributed by atoms with Crippen molar-refractivity contribution < 1.29 is 9.90 Å². The van der Waals surface area contributed by atoms with Gasteiger partial charge in [-0.1, -0.05) is 109 Å². The van der Waals surface area contributed by atoms with Crippen molar-refractivity contribution in [2.24, 2.45) is 0 Å². The first-order chi connectivity index (χ1) is 22.0. The van der Waals surface area contributed by atoms with E-state index in [2.05, 4.69) is 48.5 Å². The predicted molar refractivity (Wildman–Crippen MR) is 175 cm³/mol. The van der Waals surface area contributed by atoms with Crippen LogP contribution in [0.4, 0.5) is 0 Å². The Labute approximate surface area is 242 Å². The van der Waals surface area contributed by atoms with Crippen LogP contribution in [0.2, 0.25) is 0 Å². The summed E-state index contributed by atoms with van der Waals surface area (Å²) < 4.78 is 42.8. The Hall–Kier alpha value is -5.40. The first-order valence-electron chi connectivity index (χ1n) is 15.8. The second kappa shape index (κ2) is 8.55. The van der Waals surface area contributed by atoms with Crippen LogP contribution < -0.4 is 0 Å². The summed E-state index contributed by atoms with van der Waals surface area (Å²) in [5.74, 6) is 0. The molecule has 0 unspecified atom stereocenters. The van der Waals surface area contributed by atoms with Crippen LogP contribution in [0, 0.1) is 0 Å². The maximum Gasteiger partial charge on any atom is 0.136 e. The smallest absolute Gasteiger partial charge is 0.136 e. The van der Waals surface area contributed by atoms with Gasteiger partial charge in [0.25, 0.3) is 0 Å². The molecule has 0 saturated carbocycles. The zero-order chi connectivity index (χ0) is 30.4. The van der Waals surface area contributed by atoms with Crippen molar-refractivity contribution in [1.82, 2.24) is 0 Å². The van der Waals surface area contributed by atoms with Gasteiger partial charge in [0.2, 0.25) is 0 Å². The molecule has 1 aromatic heterocycles. The molecule has 41 heavy (non-hydrogen) atoms. The topological polar surface area (TPSA) is 13.1 Å². The summed E-state index contributed by atoms with van der Waals surface area (Å²) in [6, 6.07) is 40.3. The molecule has 0 amide bonds. The fraction of sp³-hybridized carbons (Fsp3) is 0. The Bertz CT molecular complexity index is 2680. The van der Waals surface area contributed by atoms with Crippen molar-refractivity contribution >= 4 is 65.0 Å². The summed E-state index contributed by atoms with van der Waals surface area (Å²) in [7, 11) is 0. The highest BCUT2D eigenvalue weighted by Crippen LogP contribution is 2.39. The lowest BCUT2D eigenvalue weighted by Gasteiger charge is -2.10. The molecular formula is C40H24O. The molecule has 0 radical (unpaired) electrons. The van der Waals surface area contributed by atoms with Gasteiger partial charge in [0.05, 0.1) is 5.48 Å². The van der Waals surface area contributed by atoms with Gasteiger partial charge in [-0.2, -0.15) is 0 Å². The minimum absolute atomic E-state index is 0.0631. The van der Waals surface area contributed by atoms with Gasteiger partial charge < -0.3 is 4.42 Å². The minimum atomic E-state index is -0.0711. The Morgan fingerprint density at radius 3 is 1.95 bits per heavy atom. The quantitative estimate of drug-likeness (QED) is 0.162. The van der Waals surface area contributed by atoms with E-state index in [4.69, 9.17) is 9.90 Å². The summed E-state index contributed by atoms with van der Waals surface area (Å²) in [5.41, 5.74) is 3.22. The molecule has 9 aromatic rings. The number of furan rings is 1. The molecule has 0 aliphatic rings. The van der Waals surface area contributed by atoms with Crippen LogP contribution in [0.5, 0.6) is 0 Å². The van der Waals surface area contributed by atoms with Crippen LogP contribution in [0.1, 0.15) is 5.48 Å². The van der Waals surface area contributed by atoms with Crippen LogP contribution >= 0.6 is 0 Å². The molecule has 1 heterocycles. The van der Waals surface area contributed by atoms with Crippen molar-refractivity contribution in [2.45, 2.75) is 0 Å². The first kappa shape index (κ1) is 18.8. The highest BCUT2D eigenvalue weighted by molar-refractivity contribution is 6.16. The summed E-state index contributed by atoms with van der Waals surface area (Å²) >= 11 is 0. The highest BCUT2D eigenvalue weighted by atomic mass is 16.3. The molecular weight excluding hydrogens is 496 g/mol. The lowest BCUT2D eigenvalue weighted by Crippen LogP contribution is -1.84. The van der Waals surface area contributed by atoms with Gasteiger partial charge in [-0.15, -0.1) is 0 Å². The average molecular weight is 525 g/mol. The summed E-state index contributed by atoms with van der Waals surface area (Å²) in [6.45, 7) is 0. The van der Waals surface area contributed by atoms with Gasteiger partial charge in [-0.05, 0) is 102 Å². The van der Waals surface area contributed by atoms with E-state index >= 15 is 0 Å². The Morgan fingerprint density at radius 2 is 1.07 bits per heavy atom. The number of benzene rings is 8. The lowest BCUT2D eigenvalue weighted by atomic mass is 9.94. The number of hydrogen-bond donors (Lipinski definition) is 0. The fourth-order valence-electron chi connectivity index (χ4n) is 6.22. The highest BCUT2D eigenvalue weighted by Gasteiger charge is 2.14. The second-order valence-corrected chi connectivity index (χ2v) is 10.6. The molecule has 0 atom stereocenters. The van der Waals surface area contributed by atoms with Gasteiger partial charge in [0, 0.05) is 10.8 Å². The normalized spacial score (nSPS) is 13.3. The van der Waals surface area contributed by atoms with Crippen molar-refractivity contribution in [3.05, 3.63) is 145 Å². The van der Waals surface area contributed by atoms with Crippen LogP contribution in [0.3, 0.4) is 0 Å². The van der Waals surface area contributed by atoms with Crippen LogP contribution in [-0.4, -0.2) is 0 Å². The molecule has 1 nitrogen and oxygen atoms in total. The third-order valence-electron chi connectivity index (χ3n) is 8.25. The molecule has 0 aliphatic carbocycles. The average Bonchev–Trinajstić information content (AvgIpc) is 3.43. The molecule has 0 spiro atoms. The standard InChI is InChI=1S/C40H24O/c1-2-8-29-24-39-37(22-28(29)7-1)40-35(10-5-11-38(40)41-39)27-14-12-25(13-15-27)30-17-18-31-20-32-19-16-26-6-3-4-9-34(26)36(32)23-33(31)21-30/h1-24H/i12D,13D,14D,15D. The van der Waals surface area contributed by atoms with Gasteiger partial charge in [0.15, 0.2) is 0 Å². The number of hydrogen-bond acceptors (Lipinski definition) is 1. The fourth-order valence-corrected chi connectivity index (χ4v) is 6.22. The number of fused-ring (bicyclic) bond motifs is 8. The van der Waals surface area contributed by atoms with E-state index in [1.807, 2.05) is 72.8 Å². The Balaban J connectivity index is 1.26. The molecule has 0 bridgehead atoms. The minimum Gasteiger partial charge on any atom is -0.456 e. The number of rotatable bonds is 2. The van der Waals surface area contributed by atoms with E-state index in [0.29, 0.717) is 22.3 Å². The Kier molecular flexibility index (Phi) is 3.92. The van der Waals surface area contributed by atoms with Crippen molar-refractivity contribution in [2.75, 3.05) is 0 Å². The van der Waals surface area contributed by atoms with Crippen molar-refractivity contribution in [3.63, 3.8) is 0 Å². The molecule has 1 heteroatoms. The third kappa shape index (κ3) is 3.49. The SMILES string of the molecule is [2H]c1c([2H])c(-c2cccc3oc4cc5ccccc5cc4c23)c([2H])c([2H])c1-c1ccc2cc3ccc4ccccc4c3cc2c1. The van der Waals surface area contributed by atoms with Crippen LogP contribution in [-0.2, 0) is 0 Å². The van der Waals surface area contributed by atoms with E-state index in [9.17, 15) is 0 Å². The van der Waals surface area contributed by atoms with E-state index in [-0.39, 0.29) is 29.7 Å². The van der Waals surface area contributed by atoms with Gasteiger partial charge in [-0.25, -0.2) is 0 Å². The van der Waals surface area contributed by atoms with Gasteiger partial charge in [0.1, 0.15) is 11.2 Å². The molecule has 0 saturated heterocycles. The Morgan fingerprint density at radius 1 is 0.390 bits per heavy atom. The first-order valence-corrected chi connectivity index (χ1v) is 13.8. The van der Waals surface area contributed by atoms with E-state index < -0.39 is 0 Å². The zero-order valence-electron chi connectivity index (χ0n) is 26.0. The van der Waals surface area contributed by atoms with Gasteiger partial charge in [-0.3, -0.25) is 0 Å². The molecule has 0 N–H and O–H groups in total.